The number of hydrogen-bond acceptors (Lipinski definition) is 1. The van der Waals surface area contributed by atoms with Gasteiger partial charge in [-0.3, -0.25) is 4.79 Å². The second kappa shape index (κ2) is 6.09. The van der Waals surface area contributed by atoms with Crippen molar-refractivity contribution in [2.75, 3.05) is 0 Å². The second-order valence-electron chi connectivity index (χ2n) is 5.83. The zero-order valence-corrected chi connectivity index (χ0v) is 12.3. The number of ketones is 1. The number of rotatable bonds is 3. The third-order valence-electron chi connectivity index (χ3n) is 4.41. The summed E-state index contributed by atoms with van der Waals surface area (Å²) >= 11 is 0. The van der Waals surface area contributed by atoms with Gasteiger partial charge in [-0.15, -0.1) is 0 Å². The lowest BCUT2D eigenvalue weighted by Crippen LogP contribution is -2.26. The number of allylic oxidation sites excluding steroid dienone is 2. The van der Waals surface area contributed by atoms with Gasteiger partial charge in [0.2, 0.25) is 0 Å². The molecule has 2 aromatic rings. The number of Topliss-reactive ketones (excluding diaryl/α,β-unsaturated/α-hetero) is 1. The Kier molecular flexibility index (Phi) is 4.01. The Balaban J connectivity index is 1.83. The summed E-state index contributed by atoms with van der Waals surface area (Å²) in [4.78, 5) is 12.8. The molecule has 1 nitrogen and oxygen atoms in total. The monoisotopic (exact) mass is 276 g/mol. The third-order valence-corrected chi connectivity index (χ3v) is 4.41. The molecule has 3 unspecified atom stereocenters. The molecule has 0 fully saturated rings. The van der Waals surface area contributed by atoms with E-state index in [2.05, 4.69) is 43.3 Å². The molecule has 0 saturated heterocycles. The van der Waals surface area contributed by atoms with Gasteiger partial charge in [-0.1, -0.05) is 79.7 Å². The Morgan fingerprint density at radius 1 is 0.905 bits per heavy atom. The first-order chi connectivity index (χ1) is 10.3. The van der Waals surface area contributed by atoms with Gasteiger partial charge < -0.3 is 0 Å². The molecule has 21 heavy (non-hydrogen) atoms. The molecule has 0 saturated carbocycles. The van der Waals surface area contributed by atoms with Crippen molar-refractivity contribution in [1.82, 2.24) is 0 Å². The van der Waals surface area contributed by atoms with Crippen molar-refractivity contribution >= 4 is 5.78 Å². The Morgan fingerprint density at radius 3 is 2.19 bits per heavy atom. The topological polar surface area (TPSA) is 17.1 Å². The van der Waals surface area contributed by atoms with Gasteiger partial charge in [-0.05, 0) is 17.9 Å². The highest BCUT2D eigenvalue weighted by Crippen LogP contribution is 2.36. The smallest absolute Gasteiger partial charge is 0.166 e. The Bertz CT molecular complexity index is 627. The molecule has 0 bridgehead atoms. The van der Waals surface area contributed by atoms with Crippen LogP contribution in [0.5, 0.6) is 0 Å². The van der Waals surface area contributed by atoms with E-state index >= 15 is 0 Å². The van der Waals surface area contributed by atoms with Crippen molar-refractivity contribution in [2.45, 2.75) is 19.3 Å². The van der Waals surface area contributed by atoms with E-state index in [0.29, 0.717) is 11.8 Å². The molecular formula is C20H20O. The van der Waals surface area contributed by atoms with Crippen LogP contribution in [0.1, 0.15) is 35.2 Å². The minimum atomic E-state index is 0.0719. The van der Waals surface area contributed by atoms with Gasteiger partial charge >= 0.3 is 0 Å². The SMILES string of the molecule is CC1C=CC(c2ccccc2)CC1C(=O)c1ccccc1. The Hall–Kier alpha value is -2.15. The van der Waals surface area contributed by atoms with E-state index in [1.54, 1.807) is 0 Å². The minimum absolute atomic E-state index is 0.0719. The van der Waals surface area contributed by atoms with Gasteiger partial charge in [0.1, 0.15) is 0 Å². The van der Waals surface area contributed by atoms with Gasteiger partial charge in [-0.25, -0.2) is 0 Å². The summed E-state index contributed by atoms with van der Waals surface area (Å²) in [5.74, 6) is 0.994. The van der Waals surface area contributed by atoms with Crippen molar-refractivity contribution < 1.29 is 4.79 Å². The number of carbonyl (C=O) groups is 1. The molecule has 0 aliphatic heterocycles. The van der Waals surface area contributed by atoms with Crippen LogP contribution < -0.4 is 0 Å². The highest BCUT2D eigenvalue weighted by Gasteiger charge is 2.30. The summed E-state index contributed by atoms with van der Waals surface area (Å²) in [6.07, 6.45) is 5.36. The zero-order valence-electron chi connectivity index (χ0n) is 12.3. The molecule has 0 heterocycles. The molecule has 3 rings (SSSR count). The molecule has 2 aromatic carbocycles. The van der Waals surface area contributed by atoms with E-state index < -0.39 is 0 Å². The van der Waals surface area contributed by atoms with Crippen molar-refractivity contribution in [1.29, 1.82) is 0 Å². The standard InChI is InChI=1S/C20H20O/c1-15-12-13-18(16-8-4-2-5-9-16)14-19(15)20(21)17-10-6-3-7-11-17/h2-13,15,18-19H,14H2,1H3. The fourth-order valence-corrected chi connectivity index (χ4v) is 3.12. The first-order valence-electron chi connectivity index (χ1n) is 7.58. The molecule has 0 spiro atoms. The van der Waals surface area contributed by atoms with Crippen LogP contribution in [0, 0.1) is 11.8 Å². The molecule has 0 amide bonds. The van der Waals surface area contributed by atoms with Crippen LogP contribution in [-0.4, -0.2) is 5.78 Å². The van der Waals surface area contributed by atoms with Gasteiger partial charge in [0, 0.05) is 17.4 Å². The van der Waals surface area contributed by atoms with Gasteiger partial charge in [0.05, 0.1) is 0 Å². The number of benzene rings is 2. The summed E-state index contributed by atoms with van der Waals surface area (Å²) in [7, 11) is 0. The molecule has 1 heteroatoms. The van der Waals surface area contributed by atoms with Crippen LogP contribution in [-0.2, 0) is 0 Å². The summed E-state index contributed by atoms with van der Waals surface area (Å²) in [5, 5.41) is 0. The van der Waals surface area contributed by atoms with Crippen LogP contribution in [0.3, 0.4) is 0 Å². The summed E-state index contributed by atoms with van der Waals surface area (Å²) < 4.78 is 0. The first-order valence-corrected chi connectivity index (χ1v) is 7.58. The van der Waals surface area contributed by atoms with E-state index in [0.717, 1.165) is 12.0 Å². The summed E-state index contributed by atoms with van der Waals surface area (Å²) in [6, 6.07) is 20.1. The molecule has 0 aromatic heterocycles. The van der Waals surface area contributed by atoms with E-state index in [-0.39, 0.29) is 11.7 Å². The normalized spacial score (nSPS) is 24.7. The van der Waals surface area contributed by atoms with Crippen LogP contribution in [0.4, 0.5) is 0 Å². The van der Waals surface area contributed by atoms with Gasteiger partial charge in [0.15, 0.2) is 5.78 Å². The van der Waals surface area contributed by atoms with Crippen LogP contribution in [0.25, 0.3) is 0 Å². The van der Waals surface area contributed by atoms with E-state index in [4.69, 9.17) is 0 Å². The average Bonchev–Trinajstić information content (AvgIpc) is 2.56. The highest BCUT2D eigenvalue weighted by atomic mass is 16.1. The predicted molar refractivity (Wildman–Crippen MR) is 86.4 cm³/mol. The van der Waals surface area contributed by atoms with Gasteiger partial charge in [0.25, 0.3) is 0 Å². The van der Waals surface area contributed by atoms with Crippen LogP contribution in [0.15, 0.2) is 72.8 Å². The molecule has 106 valence electrons. The molecule has 0 N–H and O–H groups in total. The first kappa shape index (κ1) is 13.8. The van der Waals surface area contributed by atoms with Gasteiger partial charge in [-0.2, -0.15) is 0 Å². The fraction of sp³-hybridized carbons (Fsp3) is 0.250. The lowest BCUT2D eigenvalue weighted by Gasteiger charge is -2.29. The van der Waals surface area contributed by atoms with Crippen molar-refractivity contribution in [3.8, 4) is 0 Å². The van der Waals surface area contributed by atoms with E-state index in [1.807, 2.05) is 36.4 Å². The average molecular weight is 276 g/mol. The summed E-state index contributed by atoms with van der Waals surface area (Å²) in [5.41, 5.74) is 2.13. The minimum Gasteiger partial charge on any atom is -0.294 e. The van der Waals surface area contributed by atoms with Crippen LogP contribution in [0.2, 0.25) is 0 Å². The molecule has 1 aliphatic rings. The zero-order chi connectivity index (χ0) is 14.7. The maximum absolute atomic E-state index is 12.8. The molecule has 3 atom stereocenters. The largest absolute Gasteiger partial charge is 0.294 e. The van der Waals surface area contributed by atoms with Crippen LogP contribution >= 0.6 is 0 Å². The molecular weight excluding hydrogens is 256 g/mol. The van der Waals surface area contributed by atoms with E-state index in [1.165, 1.54) is 5.56 Å². The maximum Gasteiger partial charge on any atom is 0.166 e. The number of hydrogen-bond donors (Lipinski definition) is 0. The fourth-order valence-electron chi connectivity index (χ4n) is 3.12. The second-order valence-corrected chi connectivity index (χ2v) is 5.83. The quantitative estimate of drug-likeness (QED) is 0.577. The summed E-state index contributed by atoms with van der Waals surface area (Å²) in [6.45, 7) is 2.14. The molecule has 0 radical (unpaired) electrons. The van der Waals surface area contributed by atoms with Crippen molar-refractivity contribution in [3.63, 3.8) is 0 Å². The van der Waals surface area contributed by atoms with Crippen molar-refractivity contribution in [2.24, 2.45) is 11.8 Å². The lowest BCUT2D eigenvalue weighted by molar-refractivity contribution is 0.0878. The Morgan fingerprint density at radius 2 is 1.52 bits per heavy atom. The molecule has 1 aliphatic carbocycles. The number of carbonyl (C=O) groups excluding carboxylic acids is 1. The highest BCUT2D eigenvalue weighted by molar-refractivity contribution is 5.98. The maximum atomic E-state index is 12.8. The van der Waals surface area contributed by atoms with E-state index in [9.17, 15) is 4.79 Å². The third kappa shape index (κ3) is 2.97. The van der Waals surface area contributed by atoms with Crippen molar-refractivity contribution in [3.05, 3.63) is 83.9 Å². The Labute approximate surface area is 126 Å². The lowest BCUT2D eigenvalue weighted by atomic mass is 9.74. The predicted octanol–water partition coefficient (Wildman–Crippen LogP) is 4.87.